The Hall–Kier alpha value is -1.44. The number of benzene rings is 1. The van der Waals surface area contributed by atoms with Crippen molar-refractivity contribution in [2.45, 2.75) is 38.6 Å². The van der Waals surface area contributed by atoms with Gasteiger partial charge in [0.15, 0.2) is 0 Å². The van der Waals surface area contributed by atoms with E-state index in [9.17, 15) is 13.2 Å². The molecule has 1 saturated heterocycles. The van der Waals surface area contributed by atoms with Crippen LogP contribution in [0.3, 0.4) is 0 Å². The van der Waals surface area contributed by atoms with E-state index >= 15 is 0 Å². The van der Waals surface area contributed by atoms with E-state index in [1.807, 2.05) is 37.3 Å². The number of hydrogen-bond donors (Lipinski definition) is 0. The smallest absolute Gasteiger partial charge is 0.309 e. The van der Waals surface area contributed by atoms with Crippen LogP contribution in [0.1, 0.15) is 25.3 Å². The van der Waals surface area contributed by atoms with Crippen molar-refractivity contribution in [3.05, 3.63) is 35.9 Å². The molecule has 0 aromatic heterocycles. The first-order chi connectivity index (χ1) is 10.9. The summed E-state index contributed by atoms with van der Waals surface area (Å²) in [6.45, 7) is 2.27. The third-order valence-electron chi connectivity index (χ3n) is 3.72. The minimum absolute atomic E-state index is 0.0380. The van der Waals surface area contributed by atoms with E-state index in [4.69, 9.17) is 13.7 Å². The first kappa shape index (κ1) is 17.9. The monoisotopic (exact) mass is 342 g/mol. The Morgan fingerprint density at radius 3 is 2.57 bits per heavy atom. The fourth-order valence-corrected chi connectivity index (χ4v) is 3.15. The van der Waals surface area contributed by atoms with Gasteiger partial charge in [0.05, 0.1) is 25.4 Å². The molecule has 7 heteroatoms. The fraction of sp³-hybridized carbons (Fsp3) is 0.562. The lowest BCUT2D eigenvalue weighted by Crippen LogP contribution is -2.35. The second-order valence-corrected chi connectivity index (χ2v) is 7.26. The van der Waals surface area contributed by atoms with E-state index in [0.717, 1.165) is 11.8 Å². The lowest BCUT2D eigenvalue weighted by molar-refractivity contribution is -0.148. The van der Waals surface area contributed by atoms with Gasteiger partial charge in [-0.05, 0) is 12.0 Å². The van der Waals surface area contributed by atoms with Crippen LogP contribution >= 0.6 is 0 Å². The van der Waals surface area contributed by atoms with Crippen molar-refractivity contribution < 1.29 is 26.9 Å². The highest BCUT2D eigenvalue weighted by atomic mass is 32.2. The van der Waals surface area contributed by atoms with E-state index in [2.05, 4.69) is 0 Å². The van der Waals surface area contributed by atoms with Gasteiger partial charge in [0.25, 0.3) is 10.1 Å². The first-order valence-electron chi connectivity index (χ1n) is 7.59. The highest BCUT2D eigenvalue weighted by Crippen LogP contribution is 2.28. The van der Waals surface area contributed by atoms with Crippen LogP contribution in [0.2, 0.25) is 0 Å². The number of carbonyl (C=O) groups excluding carboxylic acids is 1. The van der Waals surface area contributed by atoms with Crippen LogP contribution < -0.4 is 0 Å². The fourth-order valence-electron chi connectivity index (χ4n) is 2.52. The summed E-state index contributed by atoms with van der Waals surface area (Å²) >= 11 is 0. The molecule has 3 atom stereocenters. The van der Waals surface area contributed by atoms with Crippen molar-refractivity contribution >= 4 is 16.1 Å². The average molecular weight is 342 g/mol. The summed E-state index contributed by atoms with van der Waals surface area (Å²) in [6, 6.07) is 9.52. The third-order valence-corrected chi connectivity index (χ3v) is 4.31. The second kappa shape index (κ2) is 7.90. The van der Waals surface area contributed by atoms with Gasteiger partial charge in [-0.2, -0.15) is 8.42 Å². The normalized spacial score (nSPS) is 22.8. The van der Waals surface area contributed by atoms with Crippen molar-refractivity contribution in [2.75, 3.05) is 12.9 Å². The van der Waals surface area contributed by atoms with E-state index in [1.165, 1.54) is 0 Å². The molecule has 1 aromatic rings. The Morgan fingerprint density at radius 1 is 1.30 bits per heavy atom. The van der Waals surface area contributed by atoms with Gasteiger partial charge in [-0.15, -0.1) is 0 Å². The molecular weight excluding hydrogens is 320 g/mol. The van der Waals surface area contributed by atoms with Crippen LogP contribution in [-0.4, -0.2) is 39.5 Å². The first-order valence-corrected chi connectivity index (χ1v) is 9.41. The molecule has 0 aliphatic carbocycles. The number of hydrogen-bond acceptors (Lipinski definition) is 6. The van der Waals surface area contributed by atoms with Gasteiger partial charge in [-0.3, -0.25) is 8.98 Å². The summed E-state index contributed by atoms with van der Waals surface area (Å²) in [5.74, 6) is -0.512. The summed E-state index contributed by atoms with van der Waals surface area (Å²) in [5.41, 5.74) is 0.973. The molecule has 1 fully saturated rings. The Balaban J connectivity index is 1.96. The highest BCUT2D eigenvalue weighted by Gasteiger charge is 2.39. The summed E-state index contributed by atoms with van der Waals surface area (Å²) in [4.78, 5) is 11.7. The number of rotatable bonds is 8. The van der Waals surface area contributed by atoms with Crippen LogP contribution in [0.4, 0.5) is 0 Å². The Bertz CT molecular complexity index is 613. The van der Waals surface area contributed by atoms with E-state index in [0.29, 0.717) is 19.4 Å². The number of ether oxygens (including phenoxy) is 2. The van der Waals surface area contributed by atoms with Crippen LogP contribution in [-0.2, 0) is 35.2 Å². The van der Waals surface area contributed by atoms with Crippen molar-refractivity contribution in [1.82, 2.24) is 0 Å². The zero-order chi connectivity index (χ0) is 16.9. The van der Waals surface area contributed by atoms with E-state index in [-0.39, 0.29) is 18.5 Å². The summed E-state index contributed by atoms with van der Waals surface area (Å²) in [7, 11) is -3.67. The van der Waals surface area contributed by atoms with Crippen LogP contribution in [0.15, 0.2) is 30.3 Å². The summed E-state index contributed by atoms with van der Waals surface area (Å²) in [5, 5.41) is 0. The van der Waals surface area contributed by atoms with Gasteiger partial charge >= 0.3 is 5.97 Å². The van der Waals surface area contributed by atoms with Gasteiger partial charge in [-0.1, -0.05) is 37.3 Å². The molecular formula is C16H22O6S. The number of cyclic esters (lactones) is 1. The molecule has 0 amide bonds. The zero-order valence-corrected chi connectivity index (χ0v) is 14.1. The predicted octanol–water partition coefficient (Wildman–Crippen LogP) is 1.89. The molecule has 0 radical (unpaired) electrons. The van der Waals surface area contributed by atoms with Crippen LogP contribution in [0.25, 0.3) is 0 Å². The van der Waals surface area contributed by atoms with Gasteiger partial charge < -0.3 is 9.47 Å². The molecule has 0 unspecified atom stereocenters. The third kappa shape index (κ3) is 5.60. The predicted molar refractivity (Wildman–Crippen MR) is 84.1 cm³/mol. The molecule has 0 N–H and O–H groups in total. The van der Waals surface area contributed by atoms with Crippen molar-refractivity contribution in [1.29, 1.82) is 0 Å². The molecule has 1 aliphatic rings. The molecule has 1 heterocycles. The molecule has 0 spiro atoms. The van der Waals surface area contributed by atoms with Gasteiger partial charge in [0.2, 0.25) is 0 Å². The van der Waals surface area contributed by atoms with E-state index < -0.39 is 22.3 Å². The lowest BCUT2D eigenvalue weighted by atomic mass is 10.00. The molecule has 1 aromatic carbocycles. The lowest BCUT2D eigenvalue weighted by Gasteiger charge is -2.21. The molecule has 23 heavy (non-hydrogen) atoms. The van der Waals surface area contributed by atoms with Crippen molar-refractivity contribution in [2.24, 2.45) is 5.92 Å². The SMILES string of the molecule is CC[C@@H]1C[C@@H]([C@@H](COCc2ccccc2)OS(C)(=O)=O)OC1=O. The Labute approximate surface area is 136 Å². The van der Waals surface area contributed by atoms with Crippen molar-refractivity contribution in [3.63, 3.8) is 0 Å². The van der Waals surface area contributed by atoms with Crippen molar-refractivity contribution in [3.8, 4) is 0 Å². The molecule has 128 valence electrons. The van der Waals surface area contributed by atoms with Crippen LogP contribution in [0, 0.1) is 5.92 Å². The maximum atomic E-state index is 11.7. The maximum Gasteiger partial charge on any atom is 0.309 e. The van der Waals surface area contributed by atoms with Crippen LogP contribution in [0.5, 0.6) is 0 Å². The average Bonchev–Trinajstić information content (AvgIpc) is 2.87. The summed E-state index contributed by atoms with van der Waals surface area (Å²) in [6.07, 6.45) is 0.661. The second-order valence-electron chi connectivity index (χ2n) is 5.66. The summed E-state index contributed by atoms with van der Waals surface area (Å²) < 4.78 is 38.8. The number of carbonyl (C=O) groups is 1. The standard InChI is InChI=1S/C16H22O6S/c1-3-13-9-14(21-16(13)17)15(22-23(2,18)19)11-20-10-12-7-5-4-6-8-12/h4-8,13-15H,3,9-11H2,1-2H3/t13-,14+,15-/m1/s1. The van der Waals surface area contributed by atoms with Gasteiger partial charge in [-0.25, -0.2) is 0 Å². The van der Waals surface area contributed by atoms with Gasteiger partial charge in [0.1, 0.15) is 12.2 Å². The Morgan fingerprint density at radius 2 is 2.00 bits per heavy atom. The number of esters is 1. The molecule has 0 saturated carbocycles. The van der Waals surface area contributed by atoms with E-state index in [1.54, 1.807) is 0 Å². The minimum atomic E-state index is -3.67. The highest BCUT2D eigenvalue weighted by molar-refractivity contribution is 7.86. The quantitative estimate of drug-likeness (QED) is 0.530. The Kier molecular flexibility index (Phi) is 6.15. The molecule has 6 nitrogen and oxygen atoms in total. The largest absolute Gasteiger partial charge is 0.459 e. The minimum Gasteiger partial charge on any atom is -0.459 e. The molecule has 1 aliphatic heterocycles. The molecule has 2 rings (SSSR count). The molecule has 0 bridgehead atoms. The maximum absolute atomic E-state index is 11.7. The zero-order valence-electron chi connectivity index (χ0n) is 13.3. The topological polar surface area (TPSA) is 78.9 Å². The van der Waals surface area contributed by atoms with Gasteiger partial charge in [0, 0.05) is 6.42 Å².